The minimum Gasteiger partial charge on any atom is -0.493 e. The predicted octanol–water partition coefficient (Wildman–Crippen LogP) is 6.93. The molecule has 30 heavy (non-hydrogen) atoms. The molecule has 0 saturated carbocycles. The van der Waals surface area contributed by atoms with Crippen molar-refractivity contribution in [2.24, 2.45) is 0 Å². The van der Waals surface area contributed by atoms with Crippen molar-refractivity contribution in [2.75, 3.05) is 11.9 Å². The van der Waals surface area contributed by atoms with Crippen LogP contribution in [0.1, 0.15) is 56.6 Å². The molecule has 0 fully saturated rings. The Kier molecular flexibility index (Phi) is 9.97. The largest absolute Gasteiger partial charge is 0.493 e. The fourth-order valence-electron chi connectivity index (χ4n) is 2.97. The van der Waals surface area contributed by atoms with Gasteiger partial charge in [-0.05, 0) is 49.8 Å². The molecule has 2 rings (SSSR count). The van der Waals surface area contributed by atoms with E-state index in [4.69, 9.17) is 16.3 Å². The van der Waals surface area contributed by atoms with Crippen molar-refractivity contribution in [1.82, 2.24) is 0 Å². The molecule has 2 aromatic rings. The molecule has 0 spiro atoms. The van der Waals surface area contributed by atoms with Crippen LogP contribution in [0.4, 0.5) is 5.69 Å². The third kappa shape index (κ3) is 7.93. The number of unbranched alkanes of at least 4 members (excludes halogenated alkanes) is 5. The molecule has 5 heteroatoms. The number of nitrogens with zero attached hydrogens (tertiary/aromatic N) is 1. The molecule has 0 unspecified atom stereocenters. The summed E-state index contributed by atoms with van der Waals surface area (Å²) in [5.74, 6) is 0.145. The van der Waals surface area contributed by atoms with Crippen LogP contribution in [0.15, 0.2) is 48.0 Å². The van der Waals surface area contributed by atoms with Crippen LogP contribution < -0.4 is 10.1 Å². The number of amides is 1. The van der Waals surface area contributed by atoms with Gasteiger partial charge in [-0.15, -0.1) is 0 Å². The highest BCUT2D eigenvalue weighted by atomic mass is 35.5. The van der Waals surface area contributed by atoms with Crippen molar-refractivity contribution in [2.45, 2.75) is 52.4 Å². The van der Waals surface area contributed by atoms with Gasteiger partial charge in [-0.3, -0.25) is 4.79 Å². The first-order valence-corrected chi connectivity index (χ1v) is 10.8. The Morgan fingerprint density at radius 2 is 1.80 bits per heavy atom. The van der Waals surface area contributed by atoms with E-state index in [9.17, 15) is 10.1 Å². The van der Waals surface area contributed by atoms with Crippen LogP contribution in [-0.4, -0.2) is 12.5 Å². The lowest BCUT2D eigenvalue weighted by Gasteiger charge is -2.11. The molecule has 0 aromatic heterocycles. The van der Waals surface area contributed by atoms with Crippen LogP contribution in [0.25, 0.3) is 6.08 Å². The zero-order valence-corrected chi connectivity index (χ0v) is 18.5. The molecular formula is C25H29ClN2O2. The first-order chi connectivity index (χ1) is 14.5. The van der Waals surface area contributed by atoms with E-state index in [1.165, 1.54) is 31.8 Å². The van der Waals surface area contributed by atoms with E-state index >= 15 is 0 Å². The molecule has 0 aliphatic carbocycles. The number of ether oxygens (including phenoxy) is 1. The second-order valence-electron chi connectivity index (χ2n) is 7.29. The monoisotopic (exact) mass is 424 g/mol. The van der Waals surface area contributed by atoms with E-state index < -0.39 is 5.91 Å². The second kappa shape index (κ2) is 12.7. The van der Waals surface area contributed by atoms with Crippen molar-refractivity contribution in [1.29, 1.82) is 5.26 Å². The summed E-state index contributed by atoms with van der Waals surface area (Å²) in [5.41, 5.74) is 2.33. The number of nitriles is 1. The predicted molar refractivity (Wildman–Crippen MR) is 124 cm³/mol. The van der Waals surface area contributed by atoms with Gasteiger partial charge < -0.3 is 10.1 Å². The molecule has 4 nitrogen and oxygen atoms in total. The molecule has 0 saturated heterocycles. The van der Waals surface area contributed by atoms with Crippen LogP contribution in [0.2, 0.25) is 5.02 Å². The number of hydrogen-bond donors (Lipinski definition) is 1. The Hall–Kier alpha value is -2.77. The second-order valence-corrected chi connectivity index (χ2v) is 7.72. The Labute approximate surface area is 184 Å². The molecule has 0 aliphatic heterocycles. The fraction of sp³-hybridized carbons (Fsp3) is 0.360. The van der Waals surface area contributed by atoms with Gasteiger partial charge in [0, 0.05) is 16.3 Å². The van der Waals surface area contributed by atoms with Crippen molar-refractivity contribution < 1.29 is 9.53 Å². The van der Waals surface area contributed by atoms with E-state index in [1.54, 1.807) is 30.3 Å². The summed E-state index contributed by atoms with van der Waals surface area (Å²) in [7, 11) is 0. The number of hydrogen-bond acceptors (Lipinski definition) is 3. The van der Waals surface area contributed by atoms with Gasteiger partial charge >= 0.3 is 0 Å². The van der Waals surface area contributed by atoms with E-state index in [-0.39, 0.29) is 5.57 Å². The minimum atomic E-state index is -0.469. The van der Waals surface area contributed by atoms with Gasteiger partial charge in [-0.2, -0.15) is 5.26 Å². The highest BCUT2D eigenvalue weighted by Gasteiger charge is 2.12. The van der Waals surface area contributed by atoms with Crippen LogP contribution in [0, 0.1) is 18.3 Å². The van der Waals surface area contributed by atoms with Crippen LogP contribution in [0.5, 0.6) is 5.75 Å². The highest BCUT2D eigenvalue weighted by molar-refractivity contribution is 6.30. The summed E-state index contributed by atoms with van der Waals surface area (Å²) >= 11 is 6.13. The molecule has 1 amide bonds. The van der Waals surface area contributed by atoms with Gasteiger partial charge in [0.2, 0.25) is 0 Å². The summed E-state index contributed by atoms with van der Waals surface area (Å²) in [6.07, 6.45) is 8.58. The number of nitrogens with one attached hydrogen (secondary N) is 1. The zero-order chi connectivity index (χ0) is 21.8. The summed E-state index contributed by atoms with van der Waals surface area (Å²) in [5, 5.41) is 12.8. The van der Waals surface area contributed by atoms with Crippen molar-refractivity contribution >= 4 is 29.3 Å². The maximum atomic E-state index is 12.5. The lowest BCUT2D eigenvalue weighted by Crippen LogP contribution is -2.13. The Morgan fingerprint density at radius 3 is 2.50 bits per heavy atom. The molecule has 0 bridgehead atoms. The molecule has 0 heterocycles. The number of carbonyl (C=O) groups excluding carboxylic acids is 1. The maximum absolute atomic E-state index is 12.5. The fourth-order valence-corrected chi connectivity index (χ4v) is 3.15. The van der Waals surface area contributed by atoms with Crippen molar-refractivity contribution in [3.8, 4) is 11.8 Å². The zero-order valence-electron chi connectivity index (χ0n) is 17.7. The number of benzene rings is 2. The molecule has 2 aromatic carbocycles. The maximum Gasteiger partial charge on any atom is 0.266 e. The minimum absolute atomic E-state index is 0.0118. The van der Waals surface area contributed by atoms with Crippen molar-refractivity contribution in [3.05, 3.63) is 64.2 Å². The lowest BCUT2D eigenvalue weighted by molar-refractivity contribution is -0.112. The SMILES string of the molecule is CCCCCCCCOc1ccc(Cl)cc1C=C(C#N)C(=O)Nc1ccc(C)cc1. The molecule has 1 N–H and O–H groups in total. The van der Waals surface area contributed by atoms with E-state index in [2.05, 4.69) is 12.2 Å². The third-order valence-corrected chi connectivity index (χ3v) is 4.94. The van der Waals surface area contributed by atoms with Gasteiger partial charge in [-0.1, -0.05) is 68.3 Å². The number of aryl methyl sites for hydroxylation is 1. The Bertz CT molecular complexity index is 898. The highest BCUT2D eigenvalue weighted by Crippen LogP contribution is 2.26. The topological polar surface area (TPSA) is 62.1 Å². The quantitative estimate of drug-likeness (QED) is 0.241. The third-order valence-electron chi connectivity index (χ3n) is 4.70. The van der Waals surface area contributed by atoms with E-state index in [1.807, 2.05) is 25.1 Å². The molecule has 0 atom stereocenters. The molecule has 158 valence electrons. The Morgan fingerprint density at radius 1 is 1.10 bits per heavy atom. The average Bonchev–Trinajstić information content (AvgIpc) is 2.74. The summed E-state index contributed by atoms with van der Waals surface area (Å²) in [4.78, 5) is 12.5. The summed E-state index contributed by atoms with van der Waals surface area (Å²) < 4.78 is 5.91. The van der Waals surface area contributed by atoms with Gasteiger partial charge in [-0.25, -0.2) is 0 Å². The molecule has 0 radical (unpaired) electrons. The van der Waals surface area contributed by atoms with Gasteiger partial charge in [0.05, 0.1) is 6.61 Å². The van der Waals surface area contributed by atoms with Crippen LogP contribution in [-0.2, 0) is 4.79 Å². The average molecular weight is 425 g/mol. The van der Waals surface area contributed by atoms with Gasteiger partial charge in [0.1, 0.15) is 17.4 Å². The van der Waals surface area contributed by atoms with Crippen LogP contribution in [0.3, 0.4) is 0 Å². The number of carbonyl (C=O) groups is 1. The van der Waals surface area contributed by atoms with E-state index in [0.717, 1.165) is 18.4 Å². The number of rotatable bonds is 11. The first kappa shape index (κ1) is 23.5. The number of halogens is 1. The number of anilines is 1. The van der Waals surface area contributed by atoms with Crippen LogP contribution >= 0.6 is 11.6 Å². The van der Waals surface area contributed by atoms with E-state index in [0.29, 0.717) is 28.6 Å². The van der Waals surface area contributed by atoms with Crippen molar-refractivity contribution in [3.63, 3.8) is 0 Å². The Balaban J connectivity index is 2.05. The summed E-state index contributed by atoms with van der Waals surface area (Å²) in [6.45, 7) is 4.76. The summed E-state index contributed by atoms with van der Waals surface area (Å²) in [6, 6.07) is 14.6. The smallest absolute Gasteiger partial charge is 0.266 e. The van der Waals surface area contributed by atoms with Gasteiger partial charge in [0.25, 0.3) is 5.91 Å². The van der Waals surface area contributed by atoms with Gasteiger partial charge in [0.15, 0.2) is 0 Å². The molecular weight excluding hydrogens is 396 g/mol. The molecule has 0 aliphatic rings. The lowest BCUT2D eigenvalue weighted by atomic mass is 10.1. The normalized spacial score (nSPS) is 11.1. The standard InChI is InChI=1S/C25H29ClN2O2/c1-3-4-5-6-7-8-15-30-24-14-11-22(26)17-20(24)16-21(18-27)25(29)28-23-12-9-19(2)10-13-23/h9-14,16-17H,3-8,15H2,1-2H3,(H,28,29). The first-order valence-electron chi connectivity index (χ1n) is 10.5.